The summed E-state index contributed by atoms with van der Waals surface area (Å²) >= 11 is 0. The molecule has 160 valence electrons. The van der Waals surface area contributed by atoms with Crippen LogP contribution in [0.1, 0.15) is 18.9 Å². The number of carbonyl (C=O) groups excluding carboxylic acids is 1. The molecule has 1 aromatic rings. The van der Waals surface area contributed by atoms with Crippen LogP contribution in [-0.4, -0.2) is 51.9 Å². The molecule has 1 aromatic carbocycles. The van der Waals surface area contributed by atoms with Crippen molar-refractivity contribution in [3.63, 3.8) is 0 Å². The molecule has 0 aliphatic rings. The minimum Gasteiger partial charge on any atom is -0.493 e. The summed E-state index contributed by atoms with van der Waals surface area (Å²) in [5.41, 5.74) is 0.802. The fourth-order valence-corrected chi connectivity index (χ4v) is 2.06. The Morgan fingerprint density at radius 1 is 1.18 bits per heavy atom. The minimum atomic E-state index is -4.22. The van der Waals surface area contributed by atoms with Gasteiger partial charge in [0.2, 0.25) is 0 Å². The van der Waals surface area contributed by atoms with E-state index in [0.29, 0.717) is 24.6 Å². The third kappa shape index (κ3) is 10.4. The molecule has 0 bridgehead atoms. The second-order valence-corrected chi connectivity index (χ2v) is 5.45. The second-order valence-electron chi connectivity index (χ2n) is 5.45. The maximum atomic E-state index is 12.2. The van der Waals surface area contributed by atoms with Crippen LogP contribution in [0.4, 0.5) is 13.2 Å². The summed E-state index contributed by atoms with van der Waals surface area (Å²) in [6.07, 6.45) is -5.16. The summed E-state index contributed by atoms with van der Waals surface area (Å²) in [6, 6.07) is 5.13. The first-order valence-electron chi connectivity index (χ1n) is 8.36. The molecule has 0 saturated heterocycles. The zero-order chi connectivity index (χ0) is 20.3. The second kappa shape index (κ2) is 13.3. The third-order valence-corrected chi connectivity index (χ3v) is 3.35. The van der Waals surface area contributed by atoms with Gasteiger partial charge in [-0.3, -0.25) is 9.79 Å². The molecule has 1 rings (SSSR count). The molecular weight excluding hydrogens is 492 g/mol. The summed E-state index contributed by atoms with van der Waals surface area (Å²) in [5.74, 6) is 0.882. The van der Waals surface area contributed by atoms with Crippen LogP contribution in [0.2, 0.25) is 0 Å². The highest BCUT2D eigenvalue weighted by molar-refractivity contribution is 14.0. The van der Waals surface area contributed by atoms with Crippen molar-refractivity contribution in [1.82, 2.24) is 16.0 Å². The Morgan fingerprint density at radius 3 is 2.46 bits per heavy atom. The number of likely N-dealkylation sites (N-methyl/N-ethyl adjacent to an activating group) is 1. The van der Waals surface area contributed by atoms with Gasteiger partial charge in [-0.15, -0.1) is 24.0 Å². The lowest BCUT2D eigenvalue weighted by atomic mass is 10.2. The number of carbonyl (C=O) groups is 1. The molecule has 11 heteroatoms. The molecule has 28 heavy (non-hydrogen) atoms. The number of rotatable bonds is 9. The van der Waals surface area contributed by atoms with Gasteiger partial charge in [0.05, 0.1) is 13.5 Å². The number of guanidine groups is 1. The summed E-state index contributed by atoms with van der Waals surface area (Å²) in [7, 11) is 2.95. The molecule has 0 saturated carbocycles. The molecule has 0 unspecified atom stereocenters. The molecule has 0 aliphatic carbocycles. The number of hydrogen-bond donors (Lipinski definition) is 3. The monoisotopic (exact) mass is 518 g/mol. The lowest BCUT2D eigenvalue weighted by Crippen LogP contribution is -2.38. The Labute approximate surface area is 179 Å². The number of methoxy groups -OCH3 is 1. The number of ether oxygens (including phenoxy) is 2. The van der Waals surface area contributed by atoms with Gasteiger partial charge in [0.1, 0.15) is 0 Å². The average molecular weight is 518 g/mol. The molecule has 0 fully saturated rings. The van der Waals surface area contributed by atoms with Crippen molar-refractivity contribution >= 4 is 35.8 Å². The molecule has 3 N–H and O–H groups in total. The molecule has 0 radical (unpaired) electrons. The van der Waals surface area contributed by atoms with Crippen LogP contribution >= 0.6 is 24.0 Å². The van der Waals surface area contributed by atoms with Crippen LogP contribution < -0.4 is 25.4 Å². The van der Waals surface area contributed by atoms with Crippen molar-refractivity contribution in [3.8, 4) is 11.5 Å². The van der Waals surface area contributed by atoms with Gasteiger partial charge in [0, 0.05) is 26.7 Å². The lowest BCUT2D eigenvalue weighted by Gasteiger charge is -2.15. The van der Waals surface area contributed by atoms with Gasteiger partial charge in [-0.2, -0.15) is 13.2 Å². The van der Waals surface area contributed by atoms with E-state index in [-0.39, 0.29) is 49.0 Å². The van der Waals surface area contributed by atoms with Crippen molar-refractivity contribution in [1.29, 1.82) is 0 Å². The highest BCUT2D eigenvalue weighted by Crippen LogP contribution is 2.28. The Hall–Kier alpha value is -1.92. The van der Waals surface area contributed by atoms with Crippen molar-refractivity contribution < 1.29 is 27.4 Å². The zero-order valence-corrected chi connectivity index (χ0v) is 18.3. The minimum absolute atomic E-state index is 0. The van der Waals surface area contributed by atoms with E-state index >= 15 is 0 Å². The normalized spacial score (nSPS) is 11.3. The van der Waals surface area contributed by atoms with Crippen molar-refractivity contribution in [2.24, 2.45) is 4.99 Å². The Balaban J connectivity index is 0.00000729. The fraction of sp³-hybridized carbons (Fsp3) is 0.529. The number of amides is 1. The first-order valence-corrected chi connectivity index (χ1v) is 8.36. The smallest absolute Gasteiger partial charge is 0.390 e. The standard InChI is InChI=1S/C17H25F3N4O3.HI/c1-4-22-15(25)11-27-13-6-5-12(9-14(13)26-3)10-24-16(21-2)23-8-7-17(18,19)20;/h5-6,9H,4,7-8,10-11H2,1-3H3,(H,22,25)(H2,21,23,24);1H. The van der Waals surface area contributed by atoms with Crippen LogP contribution in [0.15, 0.2) is 23.2 Å². The van der Waals surface area contributed by atoms with E-state index < -0.39 is 12.6 Å². The fourth-order valence-electron chi connectivity index (χ4n) is 2.06. The Morgan fingerprint density at radius 2 is 1.89 bits per heavy atom. The van der Waals surface area contributed by atoms with Crippen LogP contribution in [0.3, 0.4) is 0 Å². The van der Waals surface area contributed by atoms with Gasteiger partial charge < -0.3 is 25.4 Å². The van der Waals surface area contributed by atoms with Crippen LogP contribution in [-0.2, 0) is 11.3 Å². The van der Waals surface area contributed by atoms with Gasteiger partial charge in [0.25, 0.3) is 5.91 Å². The highest BCUT2D eigenvalue weighted by atomic mass is 127. The Bertz CT molecular complexity index is 643. The number of nitrogens with one attached hydrogen (secondary N) is 3. The van der Waals surface area contributed by atoms with E-state index in [2.05, 4.69) is 20.9 Å². The SMILES string of the molecule is CCNC(=O)COc1ccc(CNC(=NC)NCCC(F)(F)F)cc1OC.I. The number of alkyl halides is 3. The molecule has 0 aliphatic heterocycles. The maximum Gasteiger partial charge on any atom is 0.390 e. The van der Waals surface area contributed by atoms with E-state index in [0.717, 1.165) is 5.56 Å². The summed E-state index contributed by atoms with van der Waals surface area (Å²) in [6.45, 7) is 2.25. The van der Waals surface area contributed by atoms with E-state index in [1.54, 1.807) is 18.2 Å². The Kier molecular flexibility index (Phi) is 12.4. The van der Waals surface area contributed by atoms with E-state index in [4.69, 9.17) is 9.47 Å². The van der Waals surface area contributed by atoms with Crippen molar-refractivity contribution in [2.45, 2.75) is 26.1 Å². The quantitative estimate of drug-likeness (QED) is 0.266. The number of halogens is 4. The summed E-state index contributed by atoms with van der Waals surface area (Å²) in [5, 5.41) is 8.14. The topological polar surface area (TPSA) is 84.0 Å². The zero-order valence-electron chi connectivity index (χ0n) is 16.0. The van der Waals surface area contributed by atoms with Gasteiger partial charge in [-0.05, 0) is 24.6 Å². The molecule has 0 atom stereocenters. The molecule has 0 aromatic heterocycles. The van der Waals surface area contributed by atoms with E-state index in [9.17, 15) is 18.0 Å². The van der Waals surface area contributed by atoms with Crippen molar-refractivity contribution in [2.75, 3.05) is 33.9 Å². The van der Waals surface area contributed by atoms with E-state index in [1.807, 2.05) is 6.92 Å². The molecule has 7 nitrogen and oxygen atoms in total. The van der Waals surface area contributed by atoms with Crippen LogP contribution in [0.25, 0.3) is 0 Å². The number of benzene rings is 1. The number of aliphatic imine (C=N–C) groups is 1. The maximum absolute atomic E-state index is 12.2. The summed E-state index contributed by atoms with van der Waals surface area (Å²) < 4.78 is 47.2. The van der Waals surface area contributed by atoms with Gasteiger partial charge >= 0.3 is 6.18 Å². The average Bonchev–Trinajstić information content (AvgIpc) is 2.62. The molecule has 0 spiro atoms. The van der Waals surface area contributed by atoms with Crippen LogP contribution in [0, 0.1) is 0 Å². The highest BCUT2D eigenvalue weighted by Gasteiger charge is 2.26. The summed E-state index contributed by atoms with van der Waals surface area (Å²) in [4.78, 5) is 15.3. The molecule has 0 heterocycles. The number of nitrogens with zero attached hydrogens (tertiary/aromatic N) is 1. The van der Waals surface area contributed by atoms with Gasteiger partial charge in [0.15, 0.2) is 24.1 Å². The largest absolute Gasteiger partial charge is 0.493 e. The predicted octanol–water partition coefficient (Wildman–Crippen LogP) is 2.45. The third-order valence-electron chi connectivity index (χ3n) is 3.35. The number of hydrogen-bond acceptors (Lipinski definition) is 4. The van der Waals surface area contributed by atoms with E-state index in [1.165, 1.54) is 14.2 Å². The van der Waals surface area contributed by atoms with Crippen molar-refractivity contribution in [3.05, 3.63) is 23.8 Å². The molecule has 1 amide bonds. The lowest BCUT2D eigenvalue weighted by molar-refractivity contribution is -0.132. The van der Waals surface area contributed by atoms with Gasteiger partial charge in [-0.1, -0.05) is 6.07 Å². The van der Waals surface area contributed by atoms with Gasteiger partial charge in [-0.25, -0.2) is 0 Å². The first kappa shape index (κ1) is 26.1. The first-order chi connectivity index (χ1) is 12.8. The molecular formula is C17H26F3IN4O3. The predicted molar refractivity (Wildman–Crippen MR) is 111 cm³/mol. The van der Waals surface area contributed by atoms with Crippen LogP contribution in [0.5, 0.6) is 11.5 Å².